The van der Waals surface area contributed by atoms with Crippen LogP contribution in [-0.2, 0) is 17.8 Å². The van der Waals surface area contributed by atoms with Crippen LogP contribution in [0.15, 0.2) is 33.9 Å². The van der Waals surface area contributed by atoms with Gasteiger partial charge in [0.15, 0.2) is 5.69 Å². The SMILES string of the molecule is CCCCn1c(N)c(N(CC(C)C)C(=O)Cc2ccccc2OC)c(=O)[nH]c1=O. The fourth-order valence-electron chi connectivity index (χ4n) is 3.17. The number of para-hydroxylation sites is 1. The third kappa shape index (κ3) is 5.28. The van der Waals surface area contributed by atoms with Gasteiger partial charge >= 0.3 is 5.69 Å². The summed E-state index contributed by atoms with van der Waals surface area (Å²) in [6, 6.07) is 7.23. The fraction of sp³-hybridized carbons (Fsp3) is 0.476. The van der Waals surface area contributed by atoms with Crippen LogP contribution in [0.2, 0.25) is 0 Å². The summed E-state index contributed by atoms with van der Waals surface area (Å²) in [5.41, 5.74) is 5.73. The van der Waals surface area contributed by atoms with Crippen LogP contribution < -0.4 is 26.6 Å². The number of nitrogens with one attached hydrogen (secondary N) is 1. The highest BCUT2D eigenvalue weighted by Crippen LogP contribution is 2.23. The van der Waals surface area contributed by atoms with E-state index in [1.165, 1.54) is 9.47 Å². The summed E-state index contributed by atoms with van der Waals surface area (Å²) in [7, 11) is 1.54. The highest BCUT2D eigenvalue weighted by atomic mass is 16.5. The molecular formula is C21H30N4O4. The van der Waals surface area contributed by atoms with E-state index < -0.39 is 11.2 Å². The number of hydrogen-bond donors (Lipinski definition) is 2. The zero-order valence-electron chi connectivity index (χ0n) is 17.5. The van der Waals surface area contributed by atoms with Crippen molar-refractivity contribution in [2.75, 3.05) is 24.3 Å². The molecule has 0 fully saturated rings. The highest BCUT2D eigenvalue weighted by Gasteiger charge is 2.25. The summed E-state index contributed by atoms with van der Waals surface area (Å²) in [6.07, 6.45) is 1.64. The minimum absolute atomic E-state index is 0.0150. The Balaban J connectivity index is 2.51. The van der Waals surface area contributed by atoms with Gasteiger partial charge in [0.25, 0.3) is 5.56 Å². The molecule has 0 aliphatic carbocycles. The van der Waals surface area contributed by atoms with E-state index >= 15 is 0 Å². The van der Waals surface area contributed by atoms with E-state index in [-0.39, 0.29) is 29.8 Å². The molecule has 0 saturated heterocycles. The number of ether oxygens (including phenoxy) is 1. The molecule has 0 aliphatic heterocycles. The van der Waals surface area contributed by atoms with Crippen molar-refractivity contribution >= 4 is 17.4 Å². The molecule has 2 aromatic rings. The first-order chi connectivity index (χ1) is 13.8. The van der Waals surface area contributed by atoms with Crippen molar-refractivity contribution in [1.29, 1.82) is 0 Å². The maximum atomic E-state index is 13.2. The third-order valence-electron chi connectivity index (χ3n) is 4.60. The quantitative estimate of drug-likeness (QED) is 0.668. The zero-order valence-corrected chi connectivity index (χ0v) is 17.5. The number of aromatic amines is 1. The molecule has 8 nitrogen and oxygen atoms in total. The number of rotatable bonds is 9. The molecule has 0 aliphatic rings. The Morgan fingerprint density at radius 1 is 1.28 bits per heavy atom. The standard InChI is InChI=1S/C21H30N4O4/c1-5-6-11-24-19(22)18(20(27)23-21(24)28)25(13-14(2)3)17(26)12-15-9-7-8-10-16(15)29-4/h7-10,14H,5-6,11-13,22H2,1-4H3,(H,23,27,28). The molecule has 1 amide bonds. The summed E-state index contributed by atoms with van der Waals surface area (Å²) < 4.78 is 6.65. The second kappa shape index (κ2) is 9.95. The molecule has 8 heteroatoms. The largest absolute Gasteiger partial charge is 0.496 e. The summed E-state index contributed by atoms with van der Waals surface area (Å²) >= 11 is 0. The molecule has 2 rings (SSSR count). The number of methoxy groups -OCH3 is 1. The van der Waals surface area contributed by atoms with Crippen LogP contribution in [0.4, 0.5) is 11.5 Å². The Bertz CT molecular complexity index is 962. The molecular weight excluding hydrogens is 372 g/mol. The Labute approximate surface area is 170 Å². The number of amides is 1. The Morgan fingerprint density at radius 3 is 2.59 bits per heavy atom. The average Bonchev–Trinajstić information content (AvgIpc) is 2.67. The van der Waals surface area contributed by atoms with Crippen molar-refractivity contribution in [3.8, 4) is 5.75 Å². The first-order valence-electron chi connectivity index (χ1n) is 9.84. The van der Waals surface area contributed by atoms with Gasteiger partial charge in [-0.1, -0.05) is 45.4 Å². The number of benzene rings is 1. The molecule has 0 atom stereocenters. The monoisotopic (exact) mass is 402 g/mol. The number of H-pyrrole nitrogens is 1. The van der Waals surface area contributed by atoms with Gasteiger partial charge in [0.2, 0.25) is 5.91 Å². The molecule has 1 aromatic carbocycles. The van der Waals surface area contributed by atoms with Crippen LogP contribution in [0.25, 0.3) is 0 Å². The topological polar surface area (TPSA) is 110 Å². The van der Waals surface area contributed by atoms with Crippen LogP contribution in [0, 0.1) is 5.92 Å². The van der Waals surface area contributed by atoms with Crippen LogP contribution >= 0.6 is 0 Å². The van der Waals surface area contributed by atoms with Gasteiger partial charge in [0.05, 0.1) is 13.5 Å². The van der Waals surface area contributed by atoms with Gasteiger partial charge in [-0.05, 0) is 18.4 Å². The van der Waals surface area contributed by atoms with Crippen molar-refractivity contribution in [3.05, 3.63) is 50.7 Å². The van der Waals surface area contributed by atoms with Crippen LogP contribution in [0.5, 0.6) is 5.75 Å². The molecule has 1 aromatic heterocycles. The van der Waals surface area contributed by atoms with Crippen LogP contribution in [0.3, 0.4) is 0 Å². The molecule has 0 radical (unpaired) electrons. The van der Waals surface area contributed by atoms with Gasteiger partial charge in [-0.15, -0.1) is 0 Å². The number of aromatic nitrogens is 2. The number of unbranched alkanes of at least 4 members (excludes halogenated alkanes) is 1. The molecule has 0 unspecified atom stereocenters. The molecule has 1 heterocycles. The Hall–Kier alpha value is -3.03. The number of carbonyl (C=O) groups is 1. The van der Waals surface area contributed by atoms with E-state index in [0.717, 1.165) is 12.8 Å². The van der Waals surface area contributed by atoms with Gasteiger partial charge in [0, 0.05) is 18.7 Å². The predicted molar refractivity (Wildman–Crippen MR) is 115 cm³/mol. The van der Waals surface area contributed by atoms with E-state index in [2.05, 4.69) is 4.98 Å². The predicted octanol–water partition coefficient (Wildman–Crippen LogP) is 2.16. The molecule has 0 saturated carbocycles. The summed E-state index contributed by atoms with van der Waals surface area (Å²) in [5.74, 6) is 0.411. The minimum atomic E-state index is -0.658. The lowest BCUT2D eigenvalue weighted by molar-refractivity contribution is -0.118. The molecule has 29 heavy (non-hydrogen) atoms. The van der Waals surface area contributed by atoms with Crippen molar-refractivity contribution in [3.63, 3.8) is 0 Å². The van der Waals surface area contributed by atoms with E-state index in [9.17, 15) is 14.4 Å². The van der Waals surface area contributed by atoms with Crippen LogP contribution in [0.1, 0.15) is 39.2 Å². The lowest BCUT2D eigenvalue weighted by atomic mass is 10.1. The van der Waals surface area contributed by atoms with Crippen molar-refractivity contribution in [2.45, 2.75) is 46.6 Å². The van der Waals surface area contributed by atoms with E-state index in [1.54, 1.807) is 19.2 Å². The molecule has 158 valence electrons. The van der Waals surface area contributed by atoms with Crippen molar-refractivity contribution in [1.82, 2.24) is 9.55 Å². The highest BCUT2D eigenvalue weighted by molar-refractivity contribution is 5.97. The summed E-state index contributed by atoms with van der Waals surface area (Å²) in [5, 5.41) is 0. The van der Waals surface area contributed by atoms with Gasteiger partial charge in [-0.2, -0.15) is 0 Å². The lowest BCUT2D eigenvalue weighted by Crippen LogP contribution is -2.43. The molecule has 0 bridgehead atoms. The number of carbonyl (C=O) groups excluding carboxylic acids is 1. The van der Waals surface area contributed by atoms with E-state index in [1.807, 2.05) is 32.9 Å². The van der Waals surface area contributed by atoms with Gasteiger partial charge in [-0.3, -0.25) is 19.1 Å². The minimum Gasteiger partial charge on any atom is -0.496 e. The number of nitrogens with two attached hydrogens (primary N) is 1. The smallest absolute Gasteiger partial charge is 0.330 e. The zero-order chi connectivity index (χ0) is 21.6. The maximum Gasteiger partial charge on any atom is 0.330 e. The lowest BCUT2D eigenvalue weighted by Gasteiger charge is -2.26. The summed E-state index contributed by atoms with van der Waals surface area (Å²) in [6.45, 7) is 6.56. The second-order valence-corrected chi connectivity index (χ2v) is 7.39. The molecule has 0 spiro atoms. The normalized spacial score (nSPS) is 10.9. The van der Waals surface area contributed by atoms with Crippen molar-refractivity contribution in [2.24, 2.45) is 5.92 Å². The number of hydrogen-bond acceptors (Lipinski definition) is 5. The van der Waals surface area contributed by atoms with E-state index in [4.69, 9.17) is 10.5 Å². The Morgan fingerprint density at radius 2 is 1.97 bits per heavy atom. The first-order valence-corrected chi connectivity index (χ1v) is 9.84. The van der Waals surface area contributed by atoms with Gasteiger partial charge in [-0.25, -0.2) is 4.79 Å². The van der Waals surface area contributed by atoms with E-state index in [0.29, 0.717) is 24.4 Å². The average molecular weight is 402 g/mol. The number of anilines is 2. The third-order valence-corrected chi connectivity index (χ3v) is 4.60. The number of nitrogens with zero attached hydrogens (tertiary/aromatic N) is 2. The first kappa shape index (κ1) is 22.3. The van der Waals surface area contributed by atoms with Gasteiger partial charge in [0.1, 0.15) is 11.6 Å². The van der Waals surface area contributed by atoms with Crippen molar-refractivity contribution < 1.29 is 9.53 Å². The molecule has 3 N–H and O–H groups in total. The van der Waals surface area contributed by atoms with Crippen LogP contribution in [-0.4, -0.2) is 29.1 Å². The number of nitrogen functional groups attached to an aromatic ring is 1. The van der Waals surface area contributed by atoms with Gasteiger partial charge < -0.3 is 15.4 Å². The Kier molecular flexibility index (Phi) is 7.64. The fourth-order valence-corrected chi connectivity index (χ4v) is 3.17. The maximum absolute atomic E-state index is 13.2. The second-order valence-electron chi connectivity index (χ2n) is 7.39. The summed E-state index contributed by atoms with van der Waals surface area (Å²) in [4.78, 5) is 41.7.